The average Bonchev–Trinajstić information content (AvgIpc) is 2.29. The zero-order valence-electron chi connectivity index (χ0n) is 13.0. The summed E-state index contributed by atoms with van der Waals surface area (Å²) in [4.78, 5) is 15.8. The number of esters is 1. The third kappa shape index (κ3) is 11.6. The predicted molar refractivity (Wildman–Crippen MR) is 79.4 cm³/mol. The fourth-order valence-corrected chi connectivity index (χ4v) is 1.44. The van der Waals surface area contributed by atoms with Crippen molar-refractivity contribution < 1.29 is 9.53 Å². The van der Waals surface area contributed by atoms with Gasteiger partial charge in [-0.05, 0) is 34.1 Å². The van der Waals surface area contributed by atoms with E-state index in [1.165, 1.54) is 12.8 Å². The molecule has 0 spiro atoms. The Morgan fingerprint density at radius 2 is 1.84 bits per heavy atom. The molecule has 0 aliphatic carbocycles. The van der Waals surface area contributed by atoms with Gasteiger partial charge in [-0.3, -0.25) is 4.79 Å². The van der Waals surface area contributed by atoms with Gasteiger partial charge in [0, 0.05) is 13.1 Å². The van der Waals surface area contributed by atoms with Crippen molar-refractivity contribution in [1.29, 1.82) is 0 Å². The summed E-state index contributed by atoms with van der Waals surface area (Å²) in [6.07, 6.45) is 3.49. The number of carbonyl (C=O) groups excluding carboxylic acids is 1. The largest absolute Gasteiger partial charge is 0.459 e. The molecule has 0 aliphatic rings. The molecule has 0 aromatic rings. The highest BCUT2D eigenvalue weighted by atomic mass is 16.6. The van der Waals surface area contributed by atoms with Crippen molar-refractivity contribution in [2.24, 2.45) is 4.99 Å². The SMILES string of the molecule is CCCCCNC(=NCC(=O)OC(C)(C)C)NCC. The number of rotatable bonds is 7. The highest BCUT2D eigenvalue weighted by Gasteiger charge is 2.15. The normalized spacial score (nSPS) is 12.2. The molecule has 0 aliphatic heterocycles. The van der Waals surface area contributed by atoms with E-state index < -0.39 is 5.60 Å². The zero-order valence-corrected chi connectivity index (χ0v) is 13.0. The highest BCUT2D eigenvalue weighted by Crippen LogP contribution is 2.06. The maximum Gasteiger partial charge on any atom is 0.328 e. The van der Waals surface area contributed by atoms with Crippen molar-refractivity contribution in [3.63, 3.8) is 0 Å². The van der Waals surface area contributed by atoms with Gasteiger partial charge in [-0.15, -0.1) is 0 Å². The zero-order chi connectivity index (χ0) is 14.7. The summed E-state index contributed by atoms with van der Waals surface area (Å²) in [5, 5.41) is 6.31. The number of guanidine groups is 1. The van der Waals surface area contributed by atoms with Crippen LogP contribution in [0.5, 0.6) is 0 Å². The Hall–Kier alpha value is -1.26. The van der Waals surface area contributed by atoms with E-state index in [1.54, 1.807) is 0 Å². The second-order valence-corrected chi connectivity index (χ2v) is 5.42. The van der Waals surface area contributed by atoms with Gasteiger partial charge in [0.1, 0.15) is 12.1 Å². The van der Waals surface area contributed by atoms with Gasteiger partial charge < -0.3 is 15.4 Å². The molecule has 0 fully saturated rings. The summed E-state index contributed by atoms with van der Waals surface area (Å²) in [5.41, 5.74) is -0.459. The third-order valence-electron chi connectivity index (χ3n) is 2.20. The average molecular weight is 271 g/mol. The Labute approximate surface area is 117 Å². The van der Waals surface area contributed by atoms with Gasteiger partial charge in [0.05, 0.1) is 0 Å². The molecule has 0 heterocycles. The minimum absolute atomic E-state index is 0.0420. The van der Waals surface area contributed by atoms with E-state index in [1.807, 2.05) is 27.7 Å². The van der Waals surface area contributed by atoms with Gasteiger partial charge in [0.15, 0.2) is 5.96 Å². The molecule has 5 nitrogen and oxygen atoms in total. The lowest BCUT2D eigenvalue weighted by atomic mass is 10.2. The molecule has 0 rings (SSSR count). The van der Waals surface area contributed by atoms with Crippen molar-refractivity contribution in [3.8, 4) is 0 Å². The fourth-order valence-electron chi connectivity index (χ4n) is 1.44. The van der Waals surface area contributed by atoms with Gasteiger partial charge >= 0.3 is 5.97 Å². The monoisotopic (exact) mass is 271 g/mol. The van der Waals surface area contributed by atoms with E-state index in [-0.39, 0.29) is 12.5 Å². The molecular formula is C14H29N3O2. The summed E-state index contributed by atoms with van der Waals surface area (Å²) < 4.78 is 5.21. The van der Waals surface area contributed by atoms with Crippen LogP contribution >= 0.6 is 0 Å². The summed E-state index contributed by atoms with van der Waals surface area (Å²) in [6.45, 7) is 11.4. The number of unbranched alkanes of at least 4 members (excludes halogenated alkanes) is 2. The van der Waals surface area contributed by atoms with Crippen molar-refractivity contribution in [2.45, 2.75) is 59.5 Å². The highest BCUT2D eigenvalue weighted by molar-refractivity contribution is 5.83. The number of carbonyl (C=O) groups is 1. The van der Waals surface area contributed by atoms with E-state index in [0.717, 1.165) is 19.5 Å². The molecule has 2 N–H and O–H groups in total. The Bertz CT molecular complexity index is 283. The quantitative estimate of drug-likeness (QED) is 0.322. The molecule has 112 valence electrons. The molecule has 0 atom stereocenters. The second kappa shape index (κ2) is 9.64. The van der Waals surface area contributed by atoms with Gasteiger partial charge in [0.2, 0.25) is 0 Å². The van der Waals surface area contributed by atoms with Crippen LogP contribution in [-0.4, -0.2) is 37.2 Å². The first-order valence-electron chi connectivity index (χ1n) is 7.13. The molecule has 0 radical (unpaired) electrons. The van der Waals surface area contributed by atoms with E-state index in [2.05, 4.69) is 22.5 Å². The van der Waals surface area contributed by atoms with Crippen LogP contribution in [-0.2, 0) is 9.53 Å². The summed E-state index contributed by atoms with van der Waals surface area (Å²) in [6, 6.07) is 0. The predicted octanol–water partition coefficient (Wildman–Crippen LogP) is 2.07. The molecule has 5 heteroatoms. The Morgan fingerprint density at radius 3 is 2.37 bits per heavy atom. The van der Waals surface area contributed by atoms with Crippen molar-refractivity contribution in [1.82, 2.24) is 10.6 Å². The molecule has 0 bridgehead atoms. The van der Waals surface area contributed by atoms with E-state index in [9.17, 15) is 4.79 Å². The molecule has 0 amide bonds. The second-order valence-electron chi connectivity index (χ2n) is 5.42. The number of aliphatic imine (C=N–C) groups is 1. The summed E-state index contributed by atoms with van der Waals surface area (Å²) in [7, 11) is 0. The van der Waals surface area contributed by atoms with Gasteiger partial charge in [-0.1, -0.05) is 19.8 Å². The maximum absolute atomic E-state index is 11.6. The Balaban J connectivity index is 4.14. The minimum atomic E-state index is -0.459. The molecule has 0 unspecified atom stereocenters. The summed E-state index contributed by atoms with van der Waals surface area (Å²) >= 11 is 0. The molecule has 0 saturated heterocycles. The number of nitrogens with zero attached hydrogens (tertiary/aromatic N) is 1. The van der Waals surface area contributed by atoms with Crippen molar-refractivity contribution in [2.75, 3.05) is 19.6 Å². The molecule has 0 saturated carbocycles. The van der Waals surface area contributed by atoms with Crippen molar-refractivity contribution >= 4 is 11.9 Å². The van der Waals surface area contributed by atoms with Crippen LogP contribution in [0.4, 0.5) is 0 Å². The van der Waals surface area contributed by atoms with Crippen LogP contribution in [0.15, 0.2) is 4.99 Å². The number of ether oxygens (including phenoxy) is 1. The van der Waals surface area contributed by atoms with Gasteiger partial charge in [-0.25, -0.2) is 4.99 Å². The van der Waals surface area contributed by atoms with Gasteiger partial charge in [-0.2, -0.15) is 0 Å². The summed E-state index contributed by atoms with van der Waals surface area (Å²) in [5.74, 6) is 0.364. The van der Waals surface area contributed by atoms with Crippen LogP contribution < -0.4 is 10.6 Å². The van der Waals surface area contributed by atoms with Crippen LogP contribution in [0.25, 0.3) is 0 Å². The number of hydrogen-bond donors (Lipinski definition) is 2. The third-order valence-corrected chi connectivity index (χ3v) is 2.20. The van der Waals surface area contributed by atoms with Crippen LogP contribution in [0.2, 0.25) is 0 Å². The van der Waals surface area contributed by atoms with Crippen LogP contribution in [0.1, 0.15) is 53.9 Å². The Kier molecular flexibility index (Phi) is 9.00. The molecule has 19 heavy (non-hydrogen) atoms. The number of hydrogen-bond acceptors (Lipinski definition) is 3. The topological polar surface area (TPSA) is 62.7 Å². The standard InChI is InChI=1S/C14H29N3O2/c1-6-8-9-10-16-13(15-7-2)17-11-12(18)19-14(3,4)5/h6-11H2,1-5H3,(H2,15,16,17). The first-order chi connectivity index (χ1) is 8.89. The van der Waals surface area contributed by atoms with E-state index in [0.29, 0.717) is 5.96 Å². The fraction of sp³-hybridized carbons (Fsp3) is 0.857. The minimum Gasteiger partial charge on any atom is -0.459 e. The first kappa shape index (κ1) is 17.7. The maximum atomic E-state index is 11.6. The molecular weight excluding hydrogens is 242 g/mol. The van der Waals surface area contributed by atoms with Crippen LogP contribution in [0, 0.1) is 0 Å². The lowest BCUT2D eigenvalue weighted by Crippen LogP contribution is -2.38. The lowest BCUT2D eigenvalue weighted by molar-refractivity contribution is -0.152. The van der Waals surface area contributed by atoms with Crippen LogP contribution in [0.3, 0.4) is 0 Å². The van der Waals surface area contributed by atoms with Gasteiger partial charge in [0.25, 0.3) is 0 Å². The lowest BCUT2D eigenvalue weighted by Gasteiger charge is -2.19. The van der Waals surface area contributed by atoms with E-state index >= 15 is 0 Å². The number of nitrogens with one attached hydrogen (secondary N) is 2. The first-order valence-corrected chi connectivity index (χ1v) is 7.13. The van der Waals surface area contributed by atoms with Crippen molar-refractivity contribution in [3.05, 3.63) is 0 Å². The Morgan fingerprint density at radius 1 is 1.16 bits per heavy atom. The molecule has 0 aromatic carbocycles. The van der Waals surface area contributed by atoms with E-state index in [4.69, 9.17) is 4.74 Å². The molecule has 0 aromatic heterocycles. The smallest absolute Gasteiger partial charge is 0.328 e.